The summed E-state index contributed by atoms with van der Waals surface area (Å²) < 4.78 is 0. The lowest BCUT2D eigenvalue weighted by Gasteiger charge is -2.04. The molecule has 0 spiro atoms. The van der Waals surface area contributed by atoms with E-state index in [9.17, 15) is 9.59 Å². The minimum absolute atomic E-state index is 0.00942. The molecule has 0 radical (unpaired) electrons. The third-order valence-electron chi connectivity index (χ3n) is 2.72. The molecule has 112 valence electrons. The van der Waals surface area contributed by atoms with Crippen LogP contribution in [0.1, 0.15) is 28.7 Å². The summed E-state index contributed by atoms with van der Waals surface area (Å²) in [6.45, 7) is 4.40. The molecule has 0 aliphatic rings. The van der Waals surface area contributed by atoms with E-state index in [0.717, 1.165) is 16.3 Å². The van der Waals surface area contributed by atoms with Crippen molar-refractivity contribution in [2.45, 2.75) is 20.3 Å². The number of hydrogen-bond donors (Lipinski definition) is 2. The lowest BCUT2D eigenvalue weighted by molar-refractivity contribution is -0.120. The first-order valence-corrected chi connectivity index (χ1v) is 8.37. The third kappa shape index (κ3) is 4.12. The molecule has 0 saturated heterocycles. The van der Waals surface area contributed by atoms with E-state index in [1.54, 1.807) is 18.3 Å². The Kier molecular flexibility index (Phi) is 5.46. The highest BCUT2D eigenvalue weighted by molar-refractivity contribution is 7.22. The van der Waals surface area contributed by atoms with Crippen LogP contribution in [0.5, 0.6) is 0 Å². The maximum absolute atomic E-state index is 12.1. The van der Waals surface area contributed by atoms with E-state index in [2.05, 4.69) is 15.6 Å². The number of thiophene rings is 1. The number of nitrogens with zero attached hydrogens (tertiary/aromatic N) is 1. The van der Waals surface area contributed by atoms with Gasteiger partial charge in [0.2, 0.25) is 5.91 Å². The van der Waals surface area contributed by atoms with E-state index < -0.39 is 0 Å². The van der Waals surface area contributed by atoms with Crippen molar-refractivity contribution in [2.24, 2.45) is 0 Å². The second-order valence-electron chi connectivity index (χ2n) is 4.44. The van der Waals surface area contributed by atoms with Crippen molar-refractivity contribution in [2.75, 3.05) is 13.1 Å². The zero-order valence-corrected chi connectivity index (χ0v) is 13.6. The Morgan fingerprint density at radius 2 is 2.14 bits per heavy atom. The van der Waals surface area contributed by atoms with Crippen LogP contribution in [-0.2, 0) is 4.79 Å². The van der Waals surface area contributed by atoms with Crippen LogP contribution in [0.25, 0.3) is 9.88 Å². The first-order valence-electron chi connectivity index (χ1n) is 6.68. The van der Waals surface area contributed by atoms with Gasteiger partial charge in [-0.2, -0.15) is 0 Å². The largest absolute Gasteiger partial charge is 0.355 e. The van der Waals surface area contributed by atoms with Crippen molar-refractivity contribution in [3.8, 4) is 9.88 Å². The van der Waals surface area contributed by atoms with Crippen LogP contribution in [0, 0.1) is 6.92 Å². The average Bonchev–Trinajstić information content (AvgIpc) is 3.11. The van der Waals surface area contributed by atoms with Gasteiger partial charge in [0, 0.05) is 6.54 Å². The highest BCUT2D eigenvalue weighted by atomic mass is 32.1. The van der Waals surface area contributed by atoms with Gasteiger partial charge < -0.3 is 10.6 Å². The van der Waals surface area contributed by atoms with Gasteiger partial charge in [0.25, 0.3) is 5.91 Å². The number of thiazole rings is 1. The summed E-state index contributed by atoms with van der Waals surface area (Å²) in [5, 5.41) is 8.16. The molecule has 0 aliphatic carbocycles. The van der Waals surface area contributed by atoms with Gasteiger partial charge in [0.05, 0.1) is 17.1 Å². The van der Waals surface area contributed by atoms with E-state index in [0.29, 0.717) is 17.1 Å². The van der Waals surface area contributed by atoms with Crippen molar-refractivity contribution >= 4 is 34.5 Å². The van der Waals surface area contributed by atoms with Crippen molar-refractivity contribution in [1.29, 1.82) is 0 Å². The molecule has 2 aromatic heterocycles. The lowest BCUT2D eigenvalue weighted by atomic mass is 10.3. The van der Waals surface area contributed by atoms with Gasteiger partial charge in [-0.25, -0.2) is 4.98 Å². The Morgan fingerprint density at radius 1 is 1.33 bits per heavy atom. The Morgan fingerprint density at radius 3 is 2.81 bits per heavy atom. The normalized spacial score (nSPS) is 10.4. The molecule has 2 N–H and O–H groups in total. The number of hydrogen-bond acceptors (Lipinski definition) is 5. The van der Waals surface area contributed by atoms with Crippen molar-refractivity contribution < 1.29 is 9.59 Å². The van der Waals surface area contributed by atoms with Gasteiger partial charge in [-0.1, -0.05) is 13.0 Å². The summed E-state index contributed by atoms with van der Waals surface area (Å²) in [4.78, 5) is 29.6. The monoisotopic (exact) mass is 323 g/mol. The molecule has 0 aliphatic heterocycles. The van der Waals surface area contributed by atoms with E-state index in [4.69, 9.17) is 0 Å². The van der Waals surface area contributed by atoms with Crippen molar-refractivity contribution in [1.82, 2.24) is 15.6 Å². The highest BCUT2D eigenvalue weighted by Crippen LogP contribution is 2.30. The van der Waals surface area contributed by atoms with Gasteiger partial charge in [0.15, 0.2) is 0 Å². The molecule has 2 rings (SSSR count). The summed E-state index contributed by atoms with van der Waals surface area (Å²) in [7, 11) is 0. The minimum atomic E-state index is -0.251. The number of nitrogens with one attached hydrogen (secondary N) is 2. The fourth-order valence-electron chi connectivity index (χ4n) is 1.68. The number of carbonyl (C=O) groups is 2. The van der Waals surface area contributed by atoms with Gasteiger partial charge in [-0.05, 0) is 24.8 Å². The molecule has 21 heavy (non-hydrogen) atoms. The lowest BCUT2D eigenvalue weighted by Crippen LogP contribution is -2.37. The van der Waals surface area contributed by atoms with Gasteiger partial charge in [0.1, 0.15) is 9.88 Å². The molecule has 0 fully saturated rings. The molecular weight excluding hydrogens is 306 g/mol. The van der Waals surface area contributed by atoms with Crippen LogP contribution in [0.15, 0.2) is 17.5 Å². The number of aryl methyl sites for hydroxylation is 1. The zero-order valence-electron chi connectivity index (χ0n) is 11.9. The quantitative estimate of drug-likeness (QED) is 0.858. The molecule has 0 bridgehead atoms. The van der Waals surface area contributed by atoms with Crippen LogP contribution in [0.2, 0.25) is 0 Å². The molecule has 0 unspecified atom stereocenters. The van der Waals surface area contributed by atoms with E-state index in [1.165, 1.54) is 11.3 Å². The van der Waals surface area contributed by atoms with Crippen LogP contribution >= 0.6 is 22.7 Å². The predicted molar refractivity (Wildman–Crippen MR) is 85.8 cm³/mol. The van der Waals surface area contributed by atoms with Crippen LogP contribution < -0.4 is 10.6 Å². The summed E-state index contributed by atoms with van der Waals surface area (Å²) in [5.41, 5.74) is 0.690. The standard InChI is InChI=1S/C14H17N3O2S2/c1-3-6-15-11(18)8-16-13(19)12-9(2)17-14(21-12)10-5-4-7-20-10/h4-5,7H,3,6,8H2,1-2H3,(H,15,18)(H,16,19). The number of amides is 2. The average molecular weight is 323 g/mol. The van der Waals surface area contributed by atoms with Crippen LogP contribution in [-0.4, -0.2) is 29.9 Å². The molecule has 2 aromatic rings. The van der Waals surface area contributed by atoms with E-state index in [-0.39, 0.29) is 18.4 Å². The number of aromatic nitrogens is 1. The molecule has 2 amide bonds. The molecule has 5 nitrogen and oxygen atoms in total. The second-order valence-corrected chi connectivity index (χ2v) is 6.39. The smallest absolute Gasteiger partial charge is 0.263 e. The maximum Gasteiger partial charge on any atom is 0.263 e. The topological polar surface area (TPSA) is 71.1 Å². The fourth-order valence-corrected chi connectivity index (χ4v) is 3.46. The SMILES string of the molecule is CCCNC(=O)CNC(=O)c1sc(-c2cccs2)nc1C. The van der Waals surface area contributed by atoms with E-state index in [1.807, 2.05) is 24.4 Å². The Labute approximate surface area is 131 Å². The third-order valence-corrected chi connectivity index (χ3v) is 4.91. The molecule has 0 aromatic carbocycles. The minimum Gasteiger partial charge on any atom is -0.355 e. The summed E-state index contributed by atoms with van der Waals surface area (Å²) in [6, 6.07) is 3.93. The molecular formula is C14H17N3O2S2. The van der Waals surface area contributed by atoms with Gasteiger partial charge >= 0.3 is 0 Å². The highest BCUT2D eigenvalue weighted by Gasteiger charge is 2.17. The number of rotatable bonds is 6. The van der Waals surface area contributed by atoms with Gasteiger partial charge in [-0.15, -0.1) is 22.7 Å². The Balaban J connectivity index is 1.98. The van der Waals surface area contributed by atoms with E-state index >= 15 is 0 Å². The van der Waals surface area contributed by atoms with Gasteiger partial charge in [-0.3, -0.25) is 9.59 Å². The first-order chi connectivity index (χ1) is 10.1. The Hall–Kier alpha value is -1.73. The summed E-state index contributed by atoms with van der Waals surface area (Å²) in [5.74, 6) is -0.426. The van der Waals surface area contributed by atoms with Crippen LogP contribution in [0.4, 0.5) is 0 Å². The fraction of sp³-hybridized carbons (Fsp3) is 0.357. The second kappa shape index (κ2) is 7.33. The molecule has 7 heteroatoms. The summed E-state index contributed by atoms with van der Waals surface area (Å²) in [6.07, 6.45) is 0.873. The Bertz CT molecular complexity index is 620. The maximum atomic E-state index is 12.1. The molecule has 0 atom stereocenters. The first kappa shape index (κ1) is 15.7. The molecule has 2 heterocycles. The predicted octanol–water partition coefficient (Wildman–Crippen LogP) is 2.44. The van der Waals surface area contributed by atoms with Crippen molar-refractivity contribution in [3.05, 3.63) is 28.1 Å². The molecule has 0 saturated carbocycles. The van der Waals surface area contributed by atoms with Crippen LogP contribution in [0.3, 0.4) is 0 Å². The van der Waals surface area contributed by atoms with Crippen molar-refractivity contribution in [3.63, 3.8) is 0 Å². The summed E-state index contributed by atoms with van der Waals surface area (Å²) >= 11 is 2.94. The zero-order chi connectivity index (χ0) is 15.2. The number of carbonyl (C=O) groups excluding carboxylic acids is 2.